The molecule has 0 rings (SSSR count). The van der Waals surface area contributed by atoms with Crippen LogP contribution < -0.4 is 5.73 Å². The SMILES string of the molecule is CCCN(CCCC(C)C)C(CC)(CC)CN. The summed E-state index contributed by atoms with van der Waals surface area (Å²) in [6, 6.07) is 0. The smallest absolute Gasteiger partial charge is 0.0326 e. The molecule has 17 heavy (non-hydrogen) atoms. The topological polar surface area (TPSA) is 29.3 Å². The molecule has 0 saturated carbocycles. The zero-order valence-electron chi connectivity index (χ0n) is 12.8. The van der Waals surface area contributed by atoms with E-state index in [0.717, 1.165) is 12.5 Å². The number of nitrogens with two attached hydrogens (primary N) is 1. The molecule has 0 aromatic carbocycles. The number of rotatable bonds is 10. The van der Waals surface area contributed by atoms with Crippen LogP contribution in [0, 0.1) is 5.92 Å². The maximum absolute atomic E-state index is 6.05. The fraction of sp³-hybridized carbons (Fsp3) is 1.00. The van der Waals surface area contributed by atoms with Crippen LogP contribution in [0.15, 0.2) is 0 Å². The van der Waals surface area contributed by atoms with Crippen molar-refractivity contribution in [3.05, 3.63) is 0 Å². The maximum Gasteiger partial charge on any atom is 0.0326 e. The Hall–Kier alpha value is -0.0800. The summed E-state index contributed by atoms with van der Waals surface area (Å²) in [5, 5.41) is 0. The van der Waals surface area contributed by atoms with Gasteiger partial charge in [-0.05, 0) is 51.1 Å². The van der Waals surface area contributed by atoms with E-state index in [2.05, 4.69) is 39.5 Å². The molecule has 104 valence electrons. The molecule has 0 unspecified atom stereocenters. The van der Waals surface area contributed by atoms with E-state index in [4.69, 9.17) is 5.73 Å². The molecule has 0 aliphatic heterocycles. The van der Waals surface area contributed by atoms with Gasteiger partial charge in [0, 0.05) is 12.1 Å². The standard InChI is InChI=1S/C15H34N2/c1-6-11-17(12-9-10-14(4)5)15(7-2,8-3)13-16/h14H,6-13,16H2,1-5H3. The Bertz CT molecular complexity index is 165. The Morgan fingerprint density at radius 2 is 1.65 bits per heavy atom. The van der Waals surface area contributed by atoms with Gasteiger partial charge in [-0.15, -0.1) is 0 Å². The van der Waals surface area contributed by atoms with Crippen LogP contribution in [-0.2, 0) is 0 Å². The van der Waals surface area contributed by atoms with E-state index in [9.17, 15) is 0 Å². The fourth-order valence-electron chi connectivity index (χ4n) is 2.66. The fourth-order valence-corrected chi connectivity index (χ4v) is 2.66. The van der Waals surface area contributed by atoms with Gasteiger partial charge in [0.15, 0.2) is 0 Å². The lowest BCUT2D eigenvalue weighted by atomic mass is 9.89. The van der Waals surface area contributed by atoms with Crippen molar-refractivity contribution in [1.82, 2.24) is 4.90 Å². The van der Waals surface area contributed by atoms with E-state index in [1.807, 2.05) is 0 Å². The zero-order valence-corrected chi connectivity index (χ0v) is 12.8. The van der Waals surface area contributed by atoms with Gasteiger partial charge in [-0.1, -0.05) is 34.6 Å². The molecule has 0 atom stereocenters. The van der Waals surface area contributed by atoms with Crippen molar-refractivity contribution in [3.63, 3.8) is 0 Å². The van der Waals surface area contributed by atoms with Crippen LogP contribution in [0.5, 0.6) is 0 Å². The minimum Gasteiger partial charge on any atom is -0.329 e. The summed E-state index contributed by atoms with van der Waals surface area (Å²) in [5.41, 5.74) is 6.29. The normalized spacial score (nSPS) is 12.7. The average molecular weight is 242 g/mol. The van der Waals surface area contributed by atoms with Crippen LogP contribution in [0.1, 0.15) is 66.7 Å². The van der Waals surface area contributed by atoms with Gasteiger partial charge in [0.25, 0.3) is 0 Å². The van der Waals surface area contributed by atoms with Crippen LogP contribution in [0.2, 0.25) is 0 Å². The van der Waals surface area contributed by atoms with Crippen LogP contribution in [0.3, 0.4) is 0 Å². The van der Waals surface area contributed by atoms with Crippen molar-refractivity contribution in [3.8, 4) is 0 Å². The molecule has 0 amide bonds. The molecule has 2 heteroatoms. The molecule has 0 aromatic heterocycles. The summed E-state index contributed by atoms with van der Waals surface area (Å²) < 4.78 is 0. The average Bonchev–Trinajstić information content (AvgIpc) is 2.31. The number of hydrogen-bond donors (Lipinski definition) is 1. The molecular formula is C15H34N2. The predicted octanol–water partition coefficient (Wildman–Crippen LogP) is 3.65. The summed E-state index contributed by atoms with van der Waals surface area (Å²) in [6.45, 7) is 14.6. The zero-order chi connectivity index (χ0) is 13.3. The molecule has 0 aliphatic rings. The first-order valence-corrected chi connectivity index (χ1v) is 7.51. The molecule has 0 radical (unpaired) electrons. The van der Waals surface area contributed by atoms with Crippen molar-refractivity contribution < 1.29 is 0 Å². The van der Waals surface area contributed by atoms with Crippen LogP contribution in [0.25, 0.3) is 0 Å². The number of nitrogens with zero attached hydrogens (tertiary/aromatic N) is 1. The van der Waals surface area contributed by atoms with Crippen molar-refractivity contribution >= 4 is 0 Å². The first kappa shape index (κ1) is 16.9. The predicted molar refractivity (Wildman–Crippen MR) is 78.3 cm³/mol. The third-order valence-corrected chi connectivity index (χ3v) is 4.07. The molecule has 0 heterocycles. The van der Waals surface area contributed by atoms with Gasteiger partial charge in [0.1, 0.15) is 0 Å². The van der Waals surface area contributed by atoms with Crippen LogP contribution >= 0.6 is 0 Å². The highest BCUT2D eigenvalue weighted by molar-refractivity contribution is 4.89. The van der Waals surface area contributed by atoms with E-state index in [1.165, 1.54) is 45.2 Å². The van der Waals surface area contributed by atoms with E-state index in [-0.39, 0.29) is 5.54 Å². The van der Waals surface area contributed by atoms with E-state index in [1.54, 1.807) is 0 Å². The third-order valence-electron chi connectivity index (χ3n) is 4.07. The molecule has 0 fully saturated rings. The van der Waals surface area contributed by atoms with E-state index < -0.39 is 0 Å². The van der Waals surface area contributed by atoms with Gasteiger partial charge in [-0.3, -0.25) is 4.90 Å². The summed E-state index contributed by atoms with van der Waals surface area (Å²) in [4.78, 5) is 2.65. The molecule has 0 spiro atoms. The quantitative estimate of drug-likeness (QED) is 0.633. The minimum atomic E-state index is 0.243. The summed E-state index contributed by atoms with van der Waals surface area (Å²) in [5.74, 6) is 0.814. The third kappa shape index (κ3) is 5.39. The Balaban J connectivity index is 4.45. The highest BCUT2D eigenvalue weighted by Gasteiger charge is 2.30. The van der Waals surface area contributed by atoms with Crippen molar-refractivity contribution in [1.29, 1.82) is 0 Å². The van der Waals surface area contributed by atoms with Crippen molar-refractivity contribution in [2.75, 3.05) is 19.6 Å². The first-order valence-electron chi connectivity index (χ1n) is 7.51. The molecule has 0 aromatic rings. The second-order valence-corrected chi connectivity index (χ2v) is 5.66. The Labute approximate surface area is 109 Å². The Morgan fingerprint density at radius 3 is 2.00 bits per heavy atom. The second kappa shape index (κ2) is 8.93. The van der Waals surface area contributed by atoms with Gasteiger partial charge in [-0.25, -0.2) is 0 Å². The van der Waals surface area contributed by atoms with Crippen molar-refractivity contribution in [2.45, 2.75) is 72.3 Å². The second-order valence-electron chi connectivity index (χ2n) is 5.66. The van der Waals surface area contributed by atoms with Gasteiger partial charge in [0.2, 0.25) is 0 Å². The first-order chi connectivity index (χ1) is 8.06. The molecule has 0 aliphatic carbocycles. The van der Waals surface area contributed by atoms with Gasteiger partial charge >= 0.3 is 0 Å². The van der Waals surface area contributed by atoms with Crippen LogP contribution in [0.4, 0.5) is 0 Å². The lowest BCUT2D eigenvalue weighted by Crippen LogP contribution is -2.53. The minimum absolute atomic E-state index is 0.243. The van der Waals surface area contributed by atoms with Gasteiger partial charge in [0.05, 0.1) is 0 Å². The Morgan fingerprint density at radius 1 is 1.06 bits per heavy atom. The molecule has 2 nitrogen and oxygen atoms in total. The van der Waals surface area contributed by atoms with Gasteiger partial charge < -0.3 is 5.73 Å². The summed E-state index contributed by atoms with van der Waals surface area (Å²) in [6.07, 6.45) is 6.19. The monoisotopic (exact) mass is 242 g/mol. The molecule has 0 bridgehead atoms. The van der Waals surface area contributed by atoms with E-state index in [0.29, 0.717) is 0 Å². The lowest BCUT2D eigenvalue weighted by Gasteiger charge is -2.42. The number of hydrogen-bond acceptors (Lipinski definition) is 2. The largest absolute Gasteiger partial charge is 0.329 e. The molecular weight excluding hydrogens is 208 g/mol. The van der Waals surface area contributed by atoms with Crippen LogP contribution in [-0.4, -0.2) is 30.1 Å². The highest BCUT2D eigenvalue weighted by Crippen LogP contribution is 2.24. The molecule has 0 saturated heterocycles. The Kier molecular flexibility index (Phi) is 8.89. The summed E-state index contributed by atoms with van der Waals surface area (Å²) in [7, 11) is 0. The molecule has 2 N–H and O–H groups in total. The van der Waals surface area contributed by atoms with Gasteiger partial charge in [-0.2, -0.15) is 0 Å². The lowest BCUT2D eigenvalue weighted by molar-refractivity contribution is 0.0816. The highest BCUT2D eigenvalue weighted by atomic mass is 15.2. The van der Waals surface area contributed by atoms with E-state index >= 15 is 0 Å². The summed E-state index contributed by atoms with van der Waals surface area (Å²) >= 11 is 0. The van der Waals surface area contributed by atoms with Crippen molar-refractivity contribution in [2.24, 2.45) is 11.7 Å². The maximum atomic E-state index is 6.05.